The Morgan fingerprint density at radius 3 is 2.86 bits per heavy atom. The molecule has 0 unspecified atom stereocenters. The number of rotatable bonds is 3. The molecule has 5 nitrogen and oxygen atoms in total. The monoisotopic (exact) mass is 202 g/mol. The van der Waals surface area contributed by atoms with E-state index in [2.05, 4.69) is 0 Å². The van der Waals surface area contributed by atoms with Crippen molar-refractivity contribution < 1.29 is 24.1 Å². The molecule has 80 valence electrons. The average Bonchev–Trinajstić information content (AvgIpc) is 2.16. The summed E-state index contributed by atoms with van der Waals surface area (Å²) < 4.78 is 15.2. The molecule has 0 aliphatic carbocycles. The van der Waals surface area contributed by atoms with E-state index in [1.165, 1.54) is 20.3 Å². The number of carbonyl (C=O) groups is 1. The lowest BCUT2D eigenvalue weighted by molar-refractivity contribution is -0.160. The van der Waals surface area contributed by atoms with Gasteiger partial charge in [-0.15, -0.1) is 0 Å². The molecule has 1 heterocycles. The highest BCUT2D eigenvalue weighted by Gasteiger charge is 2.33. The van der Waals surface area contributed by atoms with Gasteiger partial charge in [-0.1, -0.05) is 0 Å². The van der Waals surface area contributed by atoms with Crippen LogP contribution < -0.4 is 0 Å². The first-order valence-corrected chi connectivity index (χ1v) is 4.32. The number of hydrogen-bond acceptors (Lipinski definition) is 5. The summed E-state index contributed by atoms with van der Waals surface area (Å²) in [7, 11) is 1.48. The predicted octanol–water partition coefficient (Wildman–Crippen LogP) is -0.162. The third kappa shape index (κ3) is 2.46. The summed E-state index contributed by atoms with van der Waals surface area (Å²) in [5, 5.41) is 8.97. The zero-order valence-corrected chi connectivity index (χ0v) is 8.17. The Morgan fingerprint density at radius 1 is 1.64 bits per heavy atom. The van der Waals surface area contributed by atoms with E-state index in [-0.39, 0.29) is 12.6 Å². The molecule has 0 aromatic heterocycles. The quantitative estimate of drug-likeness (QED) is 0.644. The van der Waals surface area contributed by atoms with E-state index in [1.54, 1.807) is 6.08 Å². The number of aliphatic hydroxyl groups excluding tert-OH is 1. The topological polar surface area (TPSA) is 65.0 Å². The Kier molecular flexibility index (Phi) is 3.91. The van der Waals surface area contributed by atoms with Gasteiger partial charge in [0.2, 0.25) is 0 Å². The van der Waals surface area contributed by atoms with E-state index < -0.39 is 18.3 Å². The van der Waals surface area contributed by atoms with Crippen LogP contribution in [-0.2, 0) is 19.0 Å². The van der Waals surface area contributed by atoms with Crippen LogP contribution in [0.3, 0.4) is 0 Å². The van der Waals surface area contributed by atoms with Crippen molar-refractivity contribution in [3.05, 3.63) is 12.3 Å². The van der Waals surface area contributed by atoms with Crippen molar-refractivity contribution in [1.82, 2.24) is 0 Å². The minimum atomic E-state index is -0.497. The molecular weight excluding hydrogens is 188 g/mol. The minimum absolute atomic E-state index is 0.180. The van der Waals surface area contributed by atoms with Gasteiger partial charge in [0.05, 0.1) is 12.9 Å². The molecule has 3 atom stereocenters. The molecule has 0 saturated heterocycles. The van der Waals surface area contributed by atoms with E-state index in [0.29, 0.717) is 0 Å². The summed E-state index contributed by atoms with van der Waals surface area (Å²) in [5.41, 5.74) is 0. The number of esters is 1. The van der Waals surface area contributed by atoms with Crippen molar-refractivity contribution >= 4 is 5.97 Å². The summed E-state index contributed by atoms with van der Waals surface area (Å²) >= 11 is 0. The first-order valence-electron chi connectivity index (χ1n) is 4.32. The van der Waals surface area contributed by atoms with E-state index in [0.717, 1.165) is 0 Å². The second kappa shape index (κ2) is 4.97. The number of hydrogen-bond donors (Lipinski definition) is 1. The highest BCUT2D eigenvalue weighted by Crippen LogP contribution is 2.17. The summed E-state index contributed by atoms with van der Waals surface area (Å²) in [4.78, 5) is 10.8. The molecule has 0 aromatic rings. The third-order valence-corrected chi connectivity index (χ3v) is 1.97. The van der Waals surface area contributed by atoms with Gasteiger partial charge in [-0.05, 0) is 6.08 Å². The SMILES string of the molecule is CO[C@H]1[C@H](OC(C)=O)C=CO[C@@H]1CO. The molecule has 1 N–H and O–H groups in total. The van der Waals surface area contributed by atoms with Crippen LogP contribution in [0.25, 0.3) is 0 Å². The summed E-state index contributed by atoms with van der Waals surface area (Å²) in [6, 6.07) is 0. The van der Waals surface area contributed by atoms with Crippen molar-refractivity contribution in [2.75, 3.05) is 13.7 Å². The van der Waals surface area contributed by atoms with Crippen LogP contribution >= 0.6 is 0 Å². The van der Waals surface area contributed by atoms with E-state index in [9.17, 15) is 4.79 Å². The maximum atomic E-state index is 10.8. The van der Waals surface area contributed by atoms with E-state index in [4.69, 9.17) is 19.3 Å². The van der Waals surface area contributed by atoms with Gasteiger partial charge in [0.15, 0.2) is 12.2 Å². The fourth-order valence-electron chi connectivity index (χ4n) is 1.35. The molecule has 0 fully saturated rings. The smallest absolute Gasteiger partial charge is 0.303 e. The Morgan fingerprint density at radius 2 is 2.36 bits per heavy atom. The molecule has 0 radical (unpaired) electrons. The number of ether oxygens (including phenoxy) is 3. The van der Waals surface area contributed by atoms with Crippen molar-refractivity contribution in [3.63, 3.8) is 0 Å². The van der Waals surface area contributed by atoms with Crippen LogP contribution in [0.15, 0.2) is 12.3 Å². The fraction of sp³-hybridized carbons (Fsp3) is 0.667. The van der Waals surface area contributed by atoms with Gasteiger partial charge in [0, 0.05) is 14.0 Å². The summed E-state index contributed by atoms with van der Waals surface area (Å²) in [5.74, 6) is -0.389. The molecule has 0 saturated carbocycles. The van der Waals surface area contributed by atoms with E-state index >= 15 is 0 Å². The van der Waals surface area contributed by atoms with Crippen molar-refractivity contribution in [3.8, 4) is 0 Å². The van der Waals surface area contributed by atoms with Gasteiger partial charge >= 0.3 is 5.97 Å². The molecule has 1 rings (SSSR count). The highest BCUT2D eigenvalue weighted by molar-refractivity contribution is 5.66. The Balaban J connectivity index is 2.67. The molecule has 0 bridgehead atoms. The second-order valence-corrected chi connectivity index (χ2v) is 2.96. The first kappa shape index (κ1) is 11.0. The van der Waals surface area contributed by atoms with Gasteiger partial charge < -0.3 is 19.3 Å². The molecule has 1 aliphatic rings. The summed E-state index contributed by atoms with van der Waals surface area (Å²) in [6.07, 6.45) is 1.54. The number of carbonyl (C=O) groups excluding carboxylic acids is 1. The van der Waals surface area contributed by atoms with Crippen LogP contribution in [-0.4, -0.2) is 43.1 Å². The predicted molar refractivity (Wildman–Crippen MR) is 47.4 cm³/mol. The van der Waals surface area contributed by atoms with E-state index in [1.807, 2.05) is 0 Å². The van der Waals surface area contributed by atoms with Crippen LogP contribution in [0, 0.1) is 0 Å². The fourth-order valence-corrected chi connectivity index (χ4v) is 1.35. The lowest BCUT2D eigenvalue weighted by Crippen LogP contribution is -2.45. The highest BCUT2D eigenvalue weighted by atomic mass is 16.6. The van der Waals surface area contributed by atoms with Crippen LogP contribution in [0.5, 0.6) is 0 Å². The zero-order chi connectivity index (χ0) is 10.6. The molecule has 0 aromatic carbocycles. The van der Waals surface area contributed by atoms with Gasteiger partial charge in [0.1, 0.15) is 6.10 Å². The maximum Gasteiger partial charge on any atom is 0.303 e. The minimum Gasteiger partial charge on any atom is -0.493 e. The molecule has 5 heteroatoms. The summed E-state index contributed by atoms with van der Waals surface area (Å²) in [6.45, 7) is 1.14. The zero-order valence-electron chi connectivity index (χ0n) is 8.17. The third-order valence-electron chi connectivity index (χ3n) is 1.97. The van der Waals surface area contributed by atoms with Gasteiger partial charge in [0.25, 0.3) is 0 Å². The molecule has 0 spiro atoms. The maximum absolute atomic E-state index is 10.8. The number of methoxy groups -OCH3 is 1. The average molecular weight is 202 g/mol. The van der Waals surface area contributed by atoms with Crippen molar-refractivity contribution in [2.24, 2.45) is 0 Å². The first-order chi connectivity index (χ1) is 6.69. The van der Waals surface area contributed by atoms with Gasteiger partial charge in [-0.3, -0.25) is 4.79 Å². The molecule has 14 heavy (non-hydrogen) atoms. The van der Waals surface area contributed by atoms with Crippen molar-refractivity contribution in [1.29, 1.82) is 0 Å². The lowest BCUT2D eigenvalue weighted by Gasteiger charge is -2.31. The lowest BCUT2D eigenvalue weighted by atomic mass is 10.1. The van der Waals surface area contributed by atoms with Gasteiger partial charge in [-0.25, -0.2) is 0 Å². The van der Waals surface area contributed by atoms with Crippen LogP contribution in [0.1, 0.15) is 6.92 Å². The standard InChI is InChI=1S/C9H14O5/c1-6(11)14-7-3-4-13-8(5-10)9(7)12-2/h3-4,7-10H,5H2,1-2H3/t7-,8-,9+/m1/s1. The largest absolute Gasteiger partial charge is 0.493 e. The Bertz CT molecular complexity index is 225. The molecule has 1 aliphatic heterocycles. The molecular formula is C9H14O5. The second-order valence-electron chi connectivity index (χ2n) is 2.96. The Labute approximate surface area is 82.3 Å². The van der Waals surface area contributed by atoms with Crippen molar-refractivity contribution in [2.45, 2.75) is 25.2 Å². The number of aliphatic hydroxyl groups is 1. The van der Waals surface area contributed by atoms with Crippen LogP contribution in [0.4, 0.5) is 0 Å². The van der Waals surface area contributed by atoms with Crippen LogP contribution in [0.2, 0.25) is 0 Å². The van der Waals surface area contributed by atoms with Gasteiger partial charge in [-0.2, -0.15) is 0 Å². The normalized spacial score (nSPS) is 30.9. The molecule has 0 amide bonds. The Hall–Kier alpha value is -1.07.